The average molecular weight is 343 g/mol. The Hall–Kier alpha value is -2.60. The molecule has 1 saturated heterocycles. The van der Waals surface area contributed by atoms with Crippen molar-refractivity contribution in [1.82, 2.24) is 4.90 Å². The fourth-order valence-corrected chi connectivity index (χ4v) is 3.15. The minimum Gasteiger partial charge on any atom is -0.497 e. The molecule has 1 fully saturated rings. The van der Waals surface area contributed by atoms with E-state index in [0.717, 1.165) is 22.2 Å². The highest BCUT2D eigenvalue weighted by atomic mass is 32.2. The fraction of sp³-hybridized carbons (Fsp3) is 0.111. The molecule has 0 aromatic heterocycles. The molecule has 3 rings (SSSR count). The third-order valence-corrected chi connectivity index (χ3v) is 4.46. The topological polar surface area (TPSA) is 46.6 Å². The molecule has 4 nitrogen and oxygen atoms in total. The van der Waals surface area contributed by atoms with Crippen LogP contribution in [-0.2, 0) is 11.3 Å². The molecule has 1 aliphatic rings. The van der Waals surface area contributed by atoms with E-state index in [1.54, 1.807) is 49.6 Å². The van der Waals surface area contributed by atoms with Crippen molar-refractivity contribution in [2.75, 3.05) is 7.11 Å². The first-order valence-electron chi connectivity index (χ1n) is 7.21. The van der Waals surface area contributed by atoms with Gasteiger partial charge in [-0.15, -0.1) is 0 Å². The summed E-state index contributed by atoms with van der Waals surface area (Å²) < 4.78 is 18.9. The summed E-state index contributed by atoms with van der Waals surface area (Å²) in [6, 6.07) is 13.3. The number of nitrogens with zero attached hydrogens (tertiary/aromatic N) is 1. The van der Waals surface area contributed by atoms with Crippen molar-refractivity contribution in [3.05, 3.63) is 70.4 Å². The second-order valence-electron chi connectivity index (χ2n) is 5.14. The van der Waals surface area contributed by atoms with Gasteiger partial charge < -0.3 is 4.74 Å². The van der Waals surface area contributed by atoms with Gasteiger partial charge in [-0.05, 0) is 41.6 Å². The van der Waals surface area contributed by atoms with Crippen LogP contribution in [0, 0.1) is 5.82 Å². The number of thioether (sulfide) groups is 1. The maximum absolute atomic E-state index is 13.7. The van der Waals surface area contributed by atoms with Gasteiger partial charge in [-0.25, -0.2) is 4.39 Å². The van der Waals surface area contributed by atoms with Crippen LogP contribution in [0.25, 0.3) is 6.08 Å². The number of carbonyl (C=O) groups excluding carboxylic acids is 2. The summed E-state index contributed by atoms with van der Waals surface area (Å²) in [5.41, 5.74) is 1.06. The minimum atomic E-state index is -0.437. The van der Waals surface area contributed by atoms with Gasteiger partial charge in [0.25, 0.3) is 11.1 Å². The first-order chi connectivity index (χ1) is 11.6. The van der Waals surface area contributed by atoms with Gasteiger partial charge >= 0.3 is 0 Å². The number of hydrogen-bond donors (Lipinski definition) is 0. The summed E-state index contributed by atoms with van der Waals surface area (Å²) in [7, 11) is 1.56. The Morgan fingerprint density at radius 3 is 2.71 bits per heavy atom. The predicted octanol–water partition coefficient (Wildman–Crippen LogP) is 4.07. The molecule has 0 N–H and O–H groups in total. The van der Waals surface area contributed by atoms with Gasteiger partial charge in [0.15, 0.2) is 0 Å². The second-order valence-corrected chi connectivity index (χ2v) is 6.13. The molecule has 0 atom stereocenters. The lowest BCUT2D eigenvalue weighted by Gasteiger charge is -2.12. The average Bonchev–Trinajstić information content (AvgIpc) is 2.84. The zero-order valence-electron chi connectivity index (χ0n) is 12.9. The van der Waals surface area contributed by atoms with E-state index < -0.39 is 17.0 Å². The lowest BCUT2D eigenvalue weighted by atomic mass is 10.2. The van der Waals surface area contributed by atoms with Crippen molar-refractivity contribution in [3.8, 4) is 5.75 Å². The molecule has 0 saturated carbocycles. The summed E-state index contributed by atoms with van der Waals surface area (Å²) in [5.74, 6) is -0.196. The lowest BCUT2D eigenvalue weighted by molar-refractivity contribution is -0.123. The molecule has 24 heavy (non-hydrogen) atoms. The van der Waals surface area contributed by atoms with Crippen LogP contribution in [0.15, 0.2) is 53.4 Å². The third-order valence-electron chi connectivity index (χ3n) is 3.55. The molecular formula is C18H14FNO3S. The highest BCUT2D eigenvalue weighted by molar-refractivity contribution is 8.18. The first-order valence-corrected chi connectivity index (χ1v) is 8.03. The van der Waals surface area contributed by atoms with E-state index in [9.17, 15) is 14.0 Å². The van der Waals surface area contributed by atoms with E-state index in [-0.39, 0.29) is 6.54 Å². The first kappa shape index (κ1) is 16.3. The van der Waals surface area contributed by atoms with Crippen LogP contribution in [0.2, 0.25) is 0 Å². The smallest absolute Gasteiger partial charge is 0.293 e. The summed E-state index contributed by atoms with van der Waals surface area (Å²) >= 11 is 0.850. The molecule has 6 heteroatoms. The van der Waals surface area contributed by atoms with Crippen molar-refractivity contribution < 1.29 is 18.7 Å². The molecule has 2 aromatic carbocycles. The predicted molar refractivity (Wildman–Crippen MR) is 90.9 cm³/mol. The Kier molecular flexibility index (Phi) is 4.66. The Morgan fingerprint density at radius 1 is 1.17 bits per heavy atom. The molecule has 2 aromatic rings. The van der Waals surface area contributed by atoms with Gasteiger partial charge in [-0.3, -0.25) is 14.5 Å². The molecule has 0 bridgehead atoms. The Morgan fingerprint density at radius 2 is 1.96 bits per heavy atom. The molecule has 0 spiro atoms. The van der Waals surface area contributed by atoms with Crippen molar-refractivity contribution in [2.45, 2.75) is 6.54 Å². The number of methoxy groups -OCH3 is 1. The zero-order valence-corrected chi connectivity index (χ0v) is 13.7. The number of rotatable bonds is 4. The normalized spacial score (nSPS) is 16.1. The summed E-state index contributed by atoms with van der Waals surface area (Å²) in [6.45, 7) is -0.0766. The standard InChI is InChI=1S/C18H14FNO3S/c1-23-14-7-4-5-12(9-14)10-16-17(21)20(18(22)24-16)11-13-6-2-3-8-15(13)19/h2-10H,11H2,1H3/b16-10+. The maximum Gasteiger partial charge on any atom is 0.293 e. The molecule has 0 aliphatic carbocycles. The molecular weight excluding hydrogens is 329 g/mol. The monoisotopic (exact) mass is 343 g/mol. The number of ether oxygens (including phenoxy) is 1. The van der Waals surface area contributed by atoms with Crippen LogP contribution in [-0.4, -0.2) is 23.2 Å². The molecule has 1 heterocycles. The van der Waals surface area contributed by atoms with Crippen LogP contribution < -0.4 is 4.74 Å². The van der Waals surface area contributed by atoms with Crippen molar-refractivity contribution >= 4 is 29.0 Å². The number of benzene rings is 2. The molecule has 1 aliphatic heterocycles. The molecule has 0 radical (unpaired) electrons. The van der Waals surface area contributed by atoms with Crippen molar-refractivity contribution in [1.29, 1.82) is 0 Å². The Bertz CT molecular complexity index is 835. The van der Waals surface area contributed by atoms with Gasteiger partial charge in [0.05, 0.1) is 18.6 Å². The molecule has 122 valence electrons. The van der Waals surface area contributed by atoms with Gasteiger partial charge in [0.1, 0.15) is 11.6 Å². The van der Waals surface area contributed by atoms with E-state index in [0.29, 0.717) is 16.2 Å². The largest absolute Gasteiger partial charge is 0.497 e. The van der Waals surface area contributed by atoms with Crippen LogP contribution >= 0.6 is 11.8 Å². The summed E-state index contributed by atoms with van der Waals surface area (Å²) in [4.78, 5) is 25.9. The highest BCUT2D eigenvalue weighted by Crippen LogP contribution is 2.33. The number of halogens is 1. The fourth-order valence-electron chi connectivity index (χ4n) is 2.32. The van der Waals surface area contributed by atoms with Crippen LogP contribution in [0.1, 0.15) is 11.1 Å². The van der Waals surface area contributed by atoms with Crippen LogP contribution in [0.5, 0.6) is 5.75 Å². The third kappa shape index (κ3) is 3.33. The molecule has 2 amide bonds. The highest BCUT2D eigenvalue weighted by Gasteiger charge is 2.35. The molecule has 0 unspecified atom stereocenters. The minimum absolute atomic E-state index is 0.0766. The Balaban J connectivity index is 1.83. The van der Waals surface area contributed by atoms with E-state index >= 15 is 0 Å². The maximum atomic E-state index is 13.7. The van der Waals surface area contributed by atoms with Crippen molar-refractivity contribution in [3.63, 3.8) is 0 Å². The van der Waals surface area contributed by atoms with Crippen LogP contribution in [0.3, 0.4) is 0 Å². The van der Waals surface area contributed by atoms with Gasteiger partial charge in [-0.1, -0.05) is 30.3 Å². The lowest BCUT2D eigenvalue weighted by Crippen LogP contribution is -2.27. The van der Waals surface area contributed by atoms with Gasteiger partial charge in [0, 0.05) is 5.56 Å². The van der Waals surface area contributed by atoms with Crippen LogP contribution in [0.4, 0.5) is 9.18 Å². The number of amides is 2. The van der Waals surface area contributed by atoms with E-state index in [1.807, 2.05) is 6.07 Å². The number of hydrogen-bond acceptors (Lipinski definition) is 4. The summed E-state index contributed by atoms with van der Waals surface area (Å²) in [5, 5.41) is -0.405. The number of carbonyl (C=O) groups is 2. The summed E-state index contributed by atoms with van der Waals surface area (Å²) in [6.07, 6.45) is 1.63. The van der Waals surface area contributed by atoms with Crippen molar-refractivity contribution in [2.24, 2.45) is 0 Å². The zero-order chi connectivity index (χ0) is 17.1. The van der Waals surface area contributed by atoms with Gasteiger partial charge in [0.2, 0.25) is 0 Å². The van der Waals surface area contributed by atoms with E-state index in [2.05, 4.69) is 0 Å². The number of imide groups is 1. The quantitative estimate of drug-likeness (QED) is 0.785. The Labute approximate surface area is 142 Å². The second kappa shape index (κ2) is 6.88. The SMILES string of the molecule is COc1cccc(/C=C2/SC(=O)N(Cc3ccccc3F)C2=O)c1. The van der Waals surface area contributed by atoms with E-state index in [1.165, 1.54) is 6.07 Å². The van der Waals surface area contributed by atoms with Gasteiger partial charge in [-0.2, -0.15) is 0 Å². The van der Waals surface area contributed by atoms with E-state index in [4.69, 9.17) is 4.74 Å².